The Labute approximate surface area is 225 Å². The van der Waals surface area contributed by atoms with Crippen molar-refractivity contribution in [2.45, 2.75) is 98.1 Å². The first-order valence-electron chi connectivity index (χ1n) is 12.9. The van der Waals surface area contributed by atoms with Gasteiger partial charge in [0.05, 0.1) is 12.5 Å². The smallest absolute Gasteiger partial charge is 0.408 e. The first-order valence-corrected chi connectivity index (χ1v) is 12.9. The van der Waals surface area contributed by atoms with Crippen LogP contribution in [0.5, 0.6) is 0 Å². The zero-order valence-corrected chi connectivity index (χ0v) is 23.5. The Morgan fingerprint density at radius 2 is 1.42 bits per heavy atom. The Bertz CT molecular complexity index is 926. The number of alkyl carbamates (subject to hydrolysis) is 1. The predicted molar refractivity (Wildman–Crippen MR) is 143 cm³/mol. The van der Waals surface area contributed by atoms with E-state index in [1.807, 2.05) is 45.9 Å². The SMILES string of the molecule is CC(C)C[C@@H](C=O)NC(=O)[C@H](CC(=O)OC(C)(C)C)NC(=O)[C@H](CC(C)C)NC(=O)OCc1ccccc1. The molecule has 0 radical (unpaired) electrons. The molecule has 0 aromatic heterocycles. The third-order valence-electron chi connectivity index (χ3n) is 5.17. The standard InChI is InChI=1S/C28H43N3O7/c1-18(2)13-21(16-32)29-25(34)23(15-24(33)38-28(5,6)7)30-26(35)22(14-19(3)4)31-27(36)37-17-20-11-9-8-10-12-20/h8-12,16,18-19,21-23H,13-15,17H2,1-7H3,(H,29,34)(H,30,35)(H,31,36)/t21-,22-,23-/m0/s1. The lowest BCUT2D eigenvalue weighted by Gasteiger charge is -2.26. The van der Waals surface area contributed by atoms with Crippen molar-refractivity contribution in [1.29, 1.82) is 0 Å². The second-order valence-electron chi connectivity index (χ2n) is 11.1. The van der Waals surface area contributed by atoms with E-state index in [2.05, 4.69) is 16.0 Å². The maximum Gasteiger partial charge on any atom is 0.408 e. The van der Waals surface area contributed by atoms with Crippen molar-refractivity contribution in [2.75, 3.05) is 0 Å². The van der Waals surface area contributed by atoms with E-state index in [1.165, 1.54) is 0 Å². The average Bonchev–Trinajstić information content (AvgIpc) is 2.80. The van der Waals surface area contributed by atoms with E-state index in [1.54, 1.807) is 32.9 Å². The lowest BCUT2D eigenvalue weighted by molar-refractivity contribution is -0.156. The molecule has 0 saturated heterocycles. The van der Waals surface area contributed by atoms with Gasteiger partial charge in [0.1, 0.15) is 30.6 Å². The molecule has 10 nitrogen and oxygen atoms in total. The molecule has 0 saturated carbocycles. The second kappa shape index (κ2) is 15.7. The first kappa shape index (κ1) is 32.6. The number of esters is 1. The Hall–Kier alpha value is -3.43. The molecule has 0 aliphatic carbocycles. The van der Waals surface area contributed by atoms with E-state index < -0.39 is 54.0 Å². The van der Waals surface area contributed by atoms with Gasteiger partial charge in [-0.2, -0.15) is 0 Å². The molecular formula is C28H43N3O7. The fourth-order valence-corrected chi connectivity index (χ4v) is 3.58. The van der Waals surface area contributed by atoms with Gasteiger partial charge in [0.2, 0.25) is 11.8 Å². The highest BCUT2D eigenvalue weighted by atomic mass is 16.6. The molecule has 10 heteroatoms. The van der Waals surface area contributed by atoms with Crippen LogP contribution < -0.4 is 16.0 Å². The fourth-order valence-electron chi connectivity index (χ4n) is 3.58. The molecule has 1 aromatic rings. The summed E-state index contributed by atoms with van der Waals surface area (Å²) in [5.41, 5.74) is -0.0114. The van der Waals surface area contributed by atoms with Gasteiger partial charge < -0.3 is 30.2 Å². The monoisotopic (exact) mass is 533 g/mol. The third kappa shape index (κ3) is 13.8. The highest BCUT2D eigenvalue weighted by Gasteiger charge is 2.31. The first-order chi connectivity index (χ1) is 17.7. The van der Waals surface area contributed by atoms with E-state index in [9.17, 15) is 24.0 Å². The molecule has 3 atom stereocenters. The number of rotatable bonds is 14. The van der Waals surface area contributed by atoms with Crippen LogP contribution in [0.25, 0.3) is 0 Å². The van der Waals surface area contributed by atoms with E-state index in [4.69, 9.17) is 9.47 Å². The lowest BCUT2D eigenvalue weighted by Crippen LogP contribution is -2.56. The molecule has 0 spiro atoms. The van der Waals surface area contributed by atoms with E-state index >= 15 is 0 Å². The van der Waals surface area contributed by atoms with Crippen LogP contribution in [0.2, 0.25) is 0 Å². The summed E-state index contributed by atoms with van der Waals surface area (Å²) in [7, 11) is 0. The zero-order valence-electron chi connectivity index (χ0n) is 23.5. The summed E-state index contributed by atoms with van der Waals surface area (Å²) < 4.78 is 10.6. The van der Waals surface area contributed by atoms with Crippen LogP contribution in [0.1, 0.15) is 73.3 Å². The van der Waals surface area contributed by atoms with Gasteiger partial charge >= 0.3 is 12.1 Å². The molecular weight excluding hydrogens is 490 g/mol. The number of carbonyl (C=O) groups is 5. The molecule has 0 fully saturated rings. The van der Waals surface area contributed by atoms with Gasteiger partial charge in [-0.15, -0.1) is 0 Å². The summed E-state index contributed by atoms with van der Waals surface area (Å²) in [5, 5.41) is 7.71. The molecule has 1 aromatic carbocycles. The maximum absolute atomic E-state index is 13.2. The van der Waals surface area contributed by atoms with Crippen LogP contribution in [0.15, 0.2) is 30.3 Å². The third-order valence-corrected chi connectivity index (χ3v) is 5.17. The van der Waals surface area contributed by atoms with E-state index in [0.717, 1.165) is 5.56 Å². The van der Waals surface area contributed by atoms with Crippen LogP contribution >= 0.6 is 0 Å². The van der Waals surface area contributed by atoms with Gasteiger partial charge in [0.25, 0.3) is 0 Å². The molecule has 38 heavy (non-hydrogen) atoms. The van der Waals surface area contributed by atoms with E-state index in [-0.39, 0.29) is 24.9 Å². The van der Waals surface area contributed by atoms with Crippen LogP contribution in [0.3, 0.4) is 0 Å². The van der Waals surface area contributed by atoms with E-state index in [0.29, 0.717) is 12.7 Å². The molecule has 1 rings (SSSR count). The Balaban J connectivity index is 3.00. The fraction of sp³-hybridized carbons (Fsp3) is 0.607. The molecule has 0 bridgehead atoms. The summed E-state index contributed by atoms with van der Waals surface area (Å²) in [4.78, 5) is 62.7. The molecule has 0 heterocycles. The number of hydrogen-bond donors (Lipinski definition) is 3. The minimum Gasteiger partial charge on any atom is -0.460 e. The van der Waals surface area contributed by atoms with Crippen LogP contribution in [0, 0.1) is 11.8 Å². The van der Waals surface area contributed by atoms with Crippen molar-refractivity contribution >= 4 is 30.2 Å². The molecule has 0 aliphatic heterocycles. The number of aldehydes is 1. The van der Waals surface area contributed by atoms with Crippen molar-refractivity contribution in [2.24, 2.45) is 11.8 Å². The summed E-state index contributed by atoms with van der Waals surface area (Å²) >= 11 is 0. The molecule has 3 N–H and O–H groups in total. The van der Waals surface area contributed by atoms with Crippen LogP contribution in [0.4, 0.5) is 4.79 Å². The van der Waals surface area contributed by atoms with Gasteiger partial charge in [-0.1, -0.05) is 58.0 Å². The average molecular weight is 534 g/mol. The molecule has 3 amide bonds. The van der Waals surface area contributed by atoms with Crippen molar-refractivity contribution < 1.29 is 33.4 Å². The normalized spacial score (nSPS) is 13.7. The lowest BCUT2D eigenvalue weighted by atomic mass is 10.0. The largest absolute Gasteiger partial charge is 0.460 e. The zero-order chi connectivity index (χ0) is 28.9. The number of hydrogen-bond acceptors (Lipinski definition) is 7. The number of ether oxygens (including phenoxy) is 2. The maximum atomic E-state index is 13.2. The Morgan fingerprint density at radius 3 is 1.95 bits per heavy atom. The van der Waals surface area contributed by atoms with Gasteiger partial charge in [0, 0.05) is 0 Å². The summed E-state index contributed by atoms with van der Waals surface area (Å²) in [5.74, 6) is -1.91. The second-order valence-corrected chi connectivity index (χ2v) is 11.1. The highest BCUT2D eigenvalue weighted by molar-refractivity contribution is 5.94. The molecule has 212 valence electrons. The van der Waals surface area contributed by atoms with Gasteiger partial charge in [0.15, 0.2) is 0 Å². The summed E-state index contributed by atoms with van der Waals surface area (Å²) in [6.45, 7) is 12.7. The van der Waals surface area contributed by atoms with Gasteiger partial charge in [-0.05, 0) is 51.0 Å². The number of benzene rings is 1. The predicted octanol–water partition coefficient (Wildman–Crippen LogP) is 3.27. The molecule has 0 unspecified atom stereocenters. The minimum absolute atomic E-state index is 0.0174. The Kier molecular flexibility index (Phi) is 13.5. The quantitative estimate of drug-likeness (QED) is 0.246. The van der Waals surface area contributed by atoms with Gasteiger partial charge in [-0.3, -0.25) is 14.4 Å². The van der Waals surface area contributed by atoms with Crippen molar-refractivity contribution in [1.82, 2.24) is 16.0 Å². The number of amides is 3. The topological polar surface area (TPSA) is 140 Å². The number of carbonyl (C=O) groups excluding carboxylic acids is 5. The van der Waals surface area contributed by atoms with Crippen LogP contribution in [-0.2, 0) is 35.3 Å². The minimum atomic E-state index is -1.32. The van der Waals surface area contributed by atoms with Crippen LogP contribution in [-0.4, -0.2) is 53.9 Å². The van der Waals surface area contributed by atoms with Gasteiger partial charge in [-0.25, -0.2) is 4.79 Å². The van der Waals surface area contributed by atoms with Crippen molar-refractivity contribution in [3.8, 4) is 0 Å². The summed E-state index contributed by atoms with van der Waals surface area (Å²) in [6.07, 6.45) is 0.0380. The van der Waals surface area contributed by atoms with Crippen molar-refractivity contribution in [3.05, 3.63) is 35.9 Å². The van der Waals surface area contributed by atoms with Crippen molar-refractivity contribution in [3.63, 3.8) is 0 Å². The highest BCUT2D eigenvalue weighted by Crippen LogP contribution is 2.12. The Morgan fingerprint density at radius 1 is 0.842 bits per heavy atom. The number of nitrogens with one attached hydrogen (secondary N) is 3. The summed E-state index contributed by atoms with van der Waals surface area (Å²) in [6, 6.07) is 5.97. The molecule has 0 aliphatic rings.